The molecule has 0 unspecified atom stereocenters. The van der Waals surface area contributed by atoms with Gasteiger partial charge >= 0.3 is 0 Å². The molecule has 0 aliphatic rings. The summed E-state index contributed by atoms with van der Waals surface area (Å²) in [5, 5.41) is 0. The highest BCUT2D eigenvalue weighted by atomic mass is 16.1. The summed E-state index contributed by atoms with van der Waals surface area (Å²) in [6.07, 6.45) is 0. The van der Waals surface area contributed by atoms with E-state index in [-0.39, 0.29) is 11.0 Å². The van der Waals surface area contributed by atoms with Gasteiger partial charge < -0.3 is 4.98 Å². The van der Waals surface area contributed by atoms with Crippen LogP contribution in [0.15, 0.2) is 16.9 Å². The van der Waals surface area contributed by atoms with Crippen LogP contribution in [0.1, 0.15) is 48.8 Å². The highest BCUT2D eigenvalue weighted by Gasteiger charge is 2.20. The van der Waals surface area contributed by atoms with Crippen molar-refractivity contribution < 1.29 is 0 Å². The first-order chi connectivity index (χ1) is 9.61. The lowest BCUT2D eigenvalue weighted by Crippen LogP contribution is -2.24. The van der Waals surface area contributed by atoms with Gasteiger partial charge in [-0.3, -0.25) is 4.79 Å². The number of benzene rings is 1. The normalized spacial score (nSPS) is 11.8. The average Bonchev–Trinajstić information content (AvgIpc) is 2.36. The van der Waals surface area contributed by atoms with Gasteiger partial charge in [0, 0.05) is 16.5 Å². The van der Waals surface area contributed by atoms with Gasteiger partial charge in [-0.15, -0.1) is 0 Å². The Kier molecular flexibility index (Phi) is 3.79. The molecule has 1 heterocycles. The molecule has 2 aromatic rings. The standard InChI is InChI=1S/C18H24N2O/c1-10-8-12(3)14(9-11(10)2)15-13(4)16(21)20-17(19-15)18(5,6)7/h8-9H,1-7H3,(H,19,20,21). The first-order valence-corrected chi connectivity index (χ1v) is 7.31. The number of H-pyrrole nitrogens is 1. The quantitative estimate of drug-likeness (QED) is 0.861. The number of rotatable bonds is 1. The van der Waals surface area contributed by atoms with Crippen LogP contribution < -0.4 is 5.56 Å². The maximum atomic E-state index is 12.2. The van der Waals surface area contributed by atoms with Crippen LogP contribution in [0.5, 0.6) is 0 Å². The van der Waals surface area contributed by atoms with Crippen LogP contribution in [0.3, 0.4) is 0 Å². The smallest absolute Gasteiger partial charge is 0.254 e. The topological polar surface area (TPSA) is 45.8 Å². The predicted octanol–water partition coefficient (Wildman–Crippen LogP) is 3.97. The summed E-state index contributed by atoms with van der Waals surface area (Å²) in [4.78, 5) is 19.9. The molecule has 0 spiro atoms. The van der Waals surface area contributed by atoms with Crippen molar-refractivity contribution in [1.82, 2.24) is 9.97 Å². The molecule has 1 aromatic carbocycles. The Labute approximate surface area is 126 Å². The monoisotopic (exact) mass is 284 g/mol. The zero-order chi connectivity index (χ0) is 15.9. The van der Waals surface area contributed by atoms with Crippen LogP contribution in [-0.4, -0.2) is 9.97 Å². The Morgan fingerprint density at radius 2 is 1.52 bits per heavy atom. The lowest BCUT2D eigenvalue weighted by molar-refractivity contribution is 0.542. The Bertz CT molecular complexity index is 749. The third-order valence-electron chi connectivity index (χ3n) is 3.96. The van der Waals surface area contributed by atoms with E-state index in [0.717, 1.165) is 22.6 Å². The second kappa shape index (κ2) is 5.14. The highest BCUT2D eigenvalue weighted by Crippen LogP contribution is 2.28. The van der Waals surface area contributed by atoms with Crippen LogP contribution in [-0.2, 0) is 5.41 Å². The van der Waals surface area contributed by atoms with Gasteiger partial charge in [0.15, 0.2) is 0 Å². The first-order valence-electron chi connectivity index (χ1n) is 7.31. The molecule has 2 rings (SSSR count). The van der Waals surface area contributed by atoms with Crippen LogP contribution in [0.25, 0.3) is 11.3 Å². The molecule has 3 heteroatoms. The largest absolute Gasteiger partial charge is 0.310 e. The van der Waals surface area contributed by atoms with E-state index in [9.17, 15) is 4.79 Å². The zero-order valence-corrected chi connectivity index (χ0v) is 14.0. The number of aromatic nitrogens is 2. The maximum Gasteiger partial charge on any atom is 0.254 e. The fourth-order valence-corrected chi connectivity index (χ4v) is 2.37. The molecule has 0 saturated heterocycles. The van der Waals surface area contributed by atoms with Gasteiger partial charge in [-0.2, -0.15) is 0 Å². The molecular formula is C18H24N2O. The lowest BCUT2D eigenvalue weighted by atomic mass is 9.93. The van der Waals surface area contributed by atoms with Gasteiger partial charge in [0.2, 0.25) is 0 Å². The van der Waals surface area contributed by atoms with E-state index in [1.807, 2.05) is 6.92 Å². The van der Waals surface area contributed by atoms with E-state index in [4.69, 9.17) is 4.98 Å². The van der Waals surface area contributed by atoms with E-state index >= 15 is 0 Å². The van der Waals surface area contributed by atoms with Gasteiger partial charge in [0.05, 0.1) is 5.69 Å². The van der Waals surface area contributed by atoms with Crippen molar-refractivity contribution in [3.63, 3.8) is 0 Å². The van der Waals surface area contributed by atoms with Crippen molar-refractivity contribution >= 4 is 0 Å². The number of hydrogen-bond acceptors (Lipinski definition) is 2. The summed E-state index contributed by atoms with van der Waals surface area (Å²) in [5.41, 5.74) is 5.91. The van der Waals surface area contributed by atoms with Crippen molar-refractivity contribution in [2.75, 3.05) is 0 Å². The minimum absolute atomic E-state index is 0.0532. The Hall–Kier alpha value is -1.90. The number of aromatic amines is 1. The predicted molar refractivity (Wildman–Crippen MR) is 87.9 cm³/mol. The molecule has 0 amide bonds. The van der Waals surface area contributed by atoms with Crippen molar-refractivity contribution in [1.29, 1.82) is 0 Å². The number of nitrogens with zero attached hydrogens (tertiary/aromatic N) is 1. The minimum atomic E-state index is -0.185. The molecule has 3 nitrogen and oxygen atoms in total. The first kappa shape index (κ1) is 15.5. The van der Waals surface area contributed by atoms with Gasteiger partial charge in [0.25, 0.3) is 5.56 Å². The van der Waals surface area contributed by atoms with E-state index in [2.05, 4.69) is 58.7 Å². The van der Waals surface area contributed by atoms with Gasteiger partial charge in [0.1, 0.15) is 5.82 Å². The fraction of sp³-hybridized carbons (Fsp3) is 0.444. The molecule has 21 heavy (non-hydrogen) atoms. The molecule has 0 radical (unpaired) electrons. The second-order valence-corrected chi connectivity index (χ2v) is 6.89. The molecule has 0 atom stereocenters. The van der Waals surface area contributed by atoms with E-state index in [1.165, 1.54) is 11.1 Å². The molecule has 1 N–H and O–H groups in total. The summed E-state index contributed by atoms with van der Waals surface area (Å²) < 4.78 is 0. The number of aryl methyl sites for hydroxylation is 3. The van der Waals surface area contributed by atoms with Gasteiger partial charge in [-0.1, -0.05) is 26.8 Å². The summed E-state index contributed by atoms with van der Waals surface area (Å²) in [6, 6.07) is 4.29. The minimum Gasteiger partial charge on any atom is -0.310 e. The van der Waals surface area contributed by atoms with E-state index in [0.29, 0.717) is 5.56 Å². The highest BCUT2D eigenvalue weighted by molar-refractivity contribution is 5.68. The second-order valence-electron chi connectivity index (χ2n) is 6.89. The third-order valence-corrected chi connectivity index (χ3v) is 3.96. The summed E-state index contributed by atoms with van der Waals surface area (Å²) in [5.74, 6) is 0.728. The molecular weight excluding hydrogens is 260 g/mol. The third kappa shape index (κ3) is 2.92. The zero-order valence-electron chi connectivity index (χ0n) is 14.0. The fourth-order valence-electron chi connectivity index (χ4n) is 2.37. The number of nitrogens with one attached hydrogen (secondary N) is 1. The number of hydrogen-bond donors (Lipinski definition) is 1. The SMILES string of the molecule is Cc1cc(C)c(-c2nc(C(C)(C)C)[nH]c(=O)c2C)cc1C. The van der Waals surface area contributed by atoms with Gasteiger partial charge in [-0.25, -0.2) is 4.98 Å². The maximum absolute atomic E-state index is 12.2. The van der Waals surface area contributed by atoms with E-state index in [1.54, 1.807) is 0 Å². The van der Waals surface area contributed by atoms with Crippen molar-refractivity contribution in [3.8, 4) is 11.3 Å². The summed E-state index contributed by atoms with van der Waals surface area (Å²) >= 11 is 0. The molecule has 112 valence electrons. The van der Waals surface area contributed by atoms with Crippen molar-refractivity contribution in [3.05, 3.63) is 50.6 Å². The van der Waals surface area contributed by atoms with Crippen LogP contribution in [0, 0.1) is 27.7 Å². The van der Waals surface area contributed by atoms with Crippen LogP contribution >= 0.6 is 0 Å². The molecule has 0 aliphatic heterocycles. The molecule has 0 saturated carbocycles. The molecule has 0 aliphatic carbocycles. The molecule has 0 bridgehead atoms. The van der Waals surface area contributed by atoms with Crippen molar-refractivity contribution in [2.24, 2.45) is 0 Å². The van der Waals surface area contributed by atoms with Crippen molar-refractivity contribution in [2.45, 2.75) is 53.9 Å². The van der Waals surface area contributed by atoms with Gasteiger partial charge in [-0.05, 0) is 50.5 Å². The Balaban J connectivity index is 2.78. The van der Waals surface area contributed by atoms with Crippen LogP contribution in [0.4, 0.5) is 0 Å². The lowest BCUT2D eigenvalue weighted by Gasteiger charge is -2.19. The van der Waals surface area contributed by atoms with E-state index < -0.39 is 0 Å². The Morgan fingerprint density at radius 3 is 2.10 bits per heavy atom. The average molecular weight is 284 g/mol. The summed E-state index contributed by atoms with van der Waals surface area (Å²) in [6.45, 7) is 14.3. The summed E-state index contributed by atoms with van der Waals surface area (Å²) in [7, 11) is 0. The van der Waals surface area contributed by atoms with Crippen LogP contribution in [0.2, 0.25) is 0 Å². The molecule has 1 aromatic heterocycles. The molecule has 0 fully saturated rings. The Morgan fingerprint density at radius 1 is 0.952 bits per heavy atom.